The summed E-state index contributed by atoms with van der Waals surface area (Å²) in [5.74, 6) is 1.19. The van der Waals surface area contributed by atoms with Gasteiger partial charge in [-0.15, -0.1) is 0 Å². The Morgan fingerprint density at radius 2 is 1.88 bits per heavy atom. The number of amides is 1. The summed E-state index contributed by atoms with van der Waals surface area (Å²) in [6.07, 6.45) is -0.0819. The van der Waals surface area contributed by atoms with Crippen molar-refractivity contribution in [3.05, 3.63) is 23.9 Å². The molecule has 0 bridgehead atoms. The molecule has 1 aromatic heterocycles. The van der Waals surface area contributed by atoms with Crippen LogP contribution < -0.4 is 10.2 Å². The highest BCUT2D eigenvalue weighted by Gasteiger charge is 2.31. The van der Waals surface area contributed by atoms with Crippen LogP contribution >= 0.6 is 0 Å². The molecule has 1 amide bonds. The van der Waals surface area contributed by atoms with Gasteiger partial charge >= 0.3 is 6.18 Å². The van der Waals surface area contributed by atoms with Gasteiger partial charge in [0.2, 0.25) is 5.91 Å². The summed E-state index contributed by atoms with van der Waals surface area (Å²) < 4.78 is 37.8. The molecule has 1 N–H and O–H groups in total. The Morgan fingerprint density at radius 1 is 1.23 bits per heavy atom. The standard InChI is InChI=1S/C19H28F3N3O/c1-13(2)4-5-14(3)24-18(26)15-8-10-25(11-9-15)17-7-6-16(12-23-17)19(20,21)22/h6-7,12-15H,4-5,8-11H2,1-3H3,(H,24,26). The lowest BCUT2D eigenvalue weighted by atomic mass is 9.95. The van der Waals surface area contributed by atoms with Crippen molar-refractivity contribution in [2.45, 2.75) is 58.7 Å². The molecule has 4 nitrogen and oxygen atoms in total. The van der Waals surface area contributed by atoms with E-state index >= 15 is 0 Å². The van der Waals surface area contributed by atoms with E-state index in [4.69, 9.17) is 0 Å². The average Bonchev–Trinajstić information content (AvgIpc) is 2.59. The van der Waals surface area contributed by atoms with Crippen LogP contribution in [0.5, 0.6) is 0 Å². The highest BCUT2D eigenvalue weighted by molar-refractivity contribution is 5.79. The molecule has 0 saturated carbocycles. The fourth-order valence-electron chi connectivity index (χ4n) is 3.13. The number of hydrogen-bond donors (Lipinski definition) is 1. The number of aromatic nitrogens is 1. The van der Waals surface area contributed by atoms with Gasteiger partial charge in [0, 0.05) is 31.2 Å². The maximum atomic E-state index is 12.6. The van der Waals surface area contributed by atoms with E-state index in [1.54, 1.807) is 0 Å². The van der Waals surface area contributed by atoms with E-state index < -0.39 is 11.7 Å². The molecule has 2 heterocycles. The van der Waals surface area contributed by atoms with Crippen LogP contribution in [0.1, 0.15) is 52.0 Å². The lowest BCUT2D eigenvalue weighted by molar-refractivity contribution is -0.137. The van der Waals surface area contributed by atoms with Crippen molar-refractivity contribution >= 4 is 11.7 Å². The number of carbonyl (C=O) groups is 1. The summed E-state index contributed by atoms with van der Waals surface area (Å²) in [6, 6.07) is 2.62. The van der Waals surface area contributed by atoms with E-state index in [1.807, 2.05) is 11.8 Å². The van der Waals surface area contributed by atoms with Crippen LogP contribution in [-0.4, -0.2) is 30.0 Å². The lowest BCUT2D eigenvalue weighted by Crippen LogP contribution is -2.43. The fraction of sp³-hybridized carbons (Fsp3) is 0.684. The van der Waals surface area contributed by atoms with Gasteiger partial charge in [-0.3, -0.25) is 4.79 Å². The topological polar surface area (TPSA) is 45.2 Å². The summed E-state index contributed by atoms with van der Waals surface area (Å²) in [7, 11) is 0. The van der Waals surface area contributed by atoms with Crippen LogP contribution in [0.3, 0.4) is 0 Å². The van der Waals surface area contributed by atoms with Crippen molar-refractivity contribution in [2.75, 3.05) is 18.0 Å². The second-order valence-corrected chi connectivity index (χ2v) is 7.54. The quantitative estimate of drug-likeness (QED) is 0.813. The number of rotatable bonds is 6. The molecule has 1 atom stereocenters. The monoisotopic (exact) mass is 371 g/mol. The zero-order valence-corrected chi connectivity index (χ0v) is 15.6. The highest BCUT2D eigenvalue weighted by atomic mass is 19.4. The van der Waals surface area contributed by atoms with E-state index in [9.17, 15) is 18.0 Å². The molecule has 1 aromatic rings. The first kappa shape index (κ1) is 20.5. The number of anilines is 1. The number of piperidine rings is 1. The third-order valence-corrected chi connectivity index (χ3v) is 4.83. The van der Waals surface area contributed by atoms with E-state index in [0.29, 0.717) is 37.7 Å². The van der Waals surface area contributed by atoms with Crippen molar-refractivity contribution in [1.29, 1.82) is 0 Å². The van der Waals surface area contributed by atoms with Gasteiger partial charge in [-0.1, -0.05) is 13.8 Å². The minimum absolute atomic E-state index is 0.0396. The molecule has 2 rings (SSSR count). The number of hydrogen-bond acceptors (Lipinski definition) is 3. The summed E-state index contributed by atoms with van der Waals surface area (Å²) in [6.45, 7) is 7.61. The number of pyridine rings is 1. The Kier molecular flexibility index (Phi) is 6.89. The zero-order valence-electron chi connectivity index (χ0n) is 15.6. The van der Waals surface area contributed by atoms with Crippen molar-refractivity contribution < 1.29 is 18.0 Å². The SMILES string of the molecule is CC(C)CCC(C)NC(=O)C1CCN(c2ccc(C(F)(F)F)cn2)CC1. The smallest absolute Gasteiger partial charge is 0.357 e. The average molecular weight is 371 g/mol. The summed E-state index contributed by atoms with van der Waals surface area (Å²) in [5, 5.41) is 3.09. The Bertz CT molecular complexity index is 579. The van der Waals surface area contributed by atoms with Gasteiger partial charge in [-0.25, -0.2) is 4.98 Å². The van der Waals surface area contributed by atoms with Crippen LogP contribution in [0.4, 0.5) is 19.0 Å². The number of alkyl halides is 3. The van der Waals surface area contributed by atoms with Crippen LogP contribution in [0, 0.1) is 11.8 Å². The molecule has 7 heteroatoms. The first-order valence-corrected chi connectivity index (χ1v) is 9.25. The van der Waals surface area contributed by atoms with Crippen molar-refractivity contribution in [2.24, 2.45) is 11.8 Å². The van der Waals surface area contributed by atoms with Gasteiger partial charge in [0.1, 0.15) is 5.82 Å². The fourth-order valence-corrected chi connectivity index (χ4v) is 3.13. The van der Waals surface area contributed by atoms with E-state index in [-0.39, 0.29) is 17.9 Å². The van der Waals surface area contributed by atoms with Crippen molar-refractivity contribution in [1.82, 2.24) is 10.3 Å². The molecule has 26 heavy (non-hydrogen) atoms. The first-order chi connectivity index (χ1) is 12.2. The van der Waals surface area contributed by atoms with Crippen LogP contribution in [0.2, 0.25) is 0 Å². The number of halogens is 3. The summed E-state index contributed by atoms with van der Waals surface area (Å²) >= 11 is 0. The maximum absolute atomic E-state index is 12.6. The Hall–Kier alpha value is -1.79. The van der Waals surface area contributed by atoms with E-state index in [1.165, 1.54) is 6.07 Å². The van der Waals surface area contributed by atoms with Gasteiger partial charge in [0.15, 0.2) is 0 Å². The molecule has 1 unspecified atom stereocenters. The van der Waals surface area contributed by atoms with Crippen molar-refractivity contribution in [3.63, 3.8) is 0 Å². The molecule has 1 aliphatic rings. The second kappa shape index (κ2) is 8.73. The number of carbonyl (C=O) groups excluding carboxylic acids is 1. The molecule has 1 aliphatic heterocycles. The maximum Gasteiger partial charge on any atom is 0.417 e. The van der Waals surface area contributed by atoms with E-state index in [0.717, 1.165) is 25.1 Å². The second-order valence-electron chi connectivity index (χ2n) is 7.54. The third kappa shape index (κ3) is 5.88. The third-order valence-electron chi connectivity index (χ3n) is 4.83. The Morgan fingerprint density at radius 3 is 2.38 bits per heavy atom. The normalized spacial score (nSPS) is 17.4. The highest BCUT2D eigenvalue weighted by Crippen LogP contribution is 2.30. The van der Waals surface area contributed by atoms with Crippen LogP contribution in [0.15, 0.2) is 18.3 Å². The minimum atomic E-state index is -4.37. The lowest BCUT2D eigenvalue weighted by Gasteiger charge is -2.32. The molecule has 146 valence electrons. The van der Waals surface area contributed by atoms with Crippen LogP contribution in [0.25, 0.3) is 0 Å². The Balaban J connectivity index is 1.82. The van der Waals surface area contributed by atoms with E-state index in [2.05, 4.69) is 24.1 Å². The predicted octanol–water partition coefficient (Wildman–Crippen LogP) is 4.26. The van der Waals surface area contributed by atoms with Gasteiger partial charge < -0.3 is 10.2 Å². The van der Waals surface area contributed by atoms with Gasteiger partial charge in [-0.2, -0.15) is 13.2 Å². The number of nitrogens with one attached hydrogen (secondary N) is 1. The molecular weight excluding hydrogens is 343 g/mol. The van der Waals surface area contributed by atoms with Gasteiger partial charge in [0.05, 0.1) is 5.56 Å². The molecule has 1 fully saturated rings. The zero-order chi connectivity index (χ0) is 19.3. The first-order valence-electron chi connectivity index (χ1n) is 9.25. The van der Waals surface area contributed by atoms with Gasteiger partial charge in [-0.05, 0) is 50.7 Å². The molecule has 0 aliphatic carbocycles. The number of nitrogens with zero attached hydrogens (tertiary/aromatic N) is 2. The van der Waals surface area contributed by atoms with Crippen molar-refractivity contribution in [3.8, 4) is 0 Å². The largest absolute Gasteiger partial charge is 0.417 e. The summed E-state index contributed by atoms with van der Waals surface area (Å²) in [4.78, 5) is 18.3. The minimum Gasteiger partial charge on any atom is -0.357 e. The van der Waals surface area contributed by atoms with Crippen LogP contribution in [-0.2, 0) is 11.0 Å². The summed E-state index contributed by atoms with van der Waals surface area (Å²) in [5.41, 5.74) is -0.745. The van der Waals surface area contributed by atoms with Gasteiger partial charge in [0.25, 0.3) is 0 Å². The molecule has 1 saturated heterocycles. The molecular formula is C19H28F3N3O. The predicted molar refractivity (Wildman–Crippen MR) is 95.9 cm³/mol. The Labute approximate surface area is 153 Å². The molecule has 0 spiro atoms. The molecule has 0 aromatic carbocycles. The molecule has 0 radical (unpaired) electrons.